The van der Waals surface area contributed by atoms with Gasteiger partial charge in [0, 0.05) is 46.5 Å². The second-order valence-electron chi connectivity index (χ2n) is 39.5. The van der Waals surface area contributed by atoms with E-state index < -0.39 is 0 Å². The maximum absolute atomic E-state index is 6.39. The van der Waals surface area contributed by atoms with Gasteiger partial charge in [0.25, 0.3) is 0 Å². The standard InChI is InChI=1S/C49H36O2.C44H36N2.C42H32/c1-29-19-22-41(36-13-6-4-11-34(29)36)47-39-15-8-9-16-40(39)48(43-17-10-18-46-49(43)51-26-25-50-46)45-28-33(21-24-42(45)47)32-20-23-38-37-14-7-5-12-35(37)30(2)31(3)44(38)27-32;1-2-10-29(11-3-1)30-20-22-31(23-21-30)34-24-25-39-40(28-34)42(38-19-9-15-33-13-5-7-17-36(33)38)44-43(45-26-27-46-44)41(39)37-18-8-14-32-12-4-6-16-35(32)37;1-24-16-19-34-37(21-24)40(32-20-17-26(3)27-9-4-5-10-28(27)32)33-18-15-25(2)22-38(33)42(34)35-14-8-13-31-36-23-39(41(31)35)30-12-7-6-11-29(30)36/h4-24,27-28H,25-26H2,1-3H3;1-3,8-11,14-15,18-28H,4-7,12-13,16-17H2;4-22,36,39H,23H2,1-3H3. The van der Waals surface area contributed by atoms with Crippen molar-refractivity contribution in [3.05, 3.63) is 454 Å². The predicted molar refractivity (Wildman–Crippen MR) is 586 cm³/mol. The Morgan fingerprint density at radius 1 is 0.237 bits per heavy atom. The number of nitrogens with zero attached hydrogens (tertiary/aromatic N) is 2. The number of hydrogen-bond donors (Lipinski definition) is 0. The largest absolute Gasteiger partial charge is 0.486 e. The van der Waals surface area contributed by atoms with Gasteiger partial charge < -0.3 is 9.47 Å². The SMILES string of the molecule is Cc1ccc(-c2c3ccccc3c(-c3cccc4c3OCCO4)c3cc(-c4ccc5c(c4)c(C)c(C)c4ccccc45)ccc23)c2ccccc12.Cc1ccc2c(-c3ccc(C)c4ccccc34)c3cc(C)ccc3c(-c3cccc4c3C3CC4c4ccccc43)c2c1.c1ccc(-c2ccc(-c3ccc4c(-c5cccc6c5CCCC6)c5nccnc5c(-c5cccc6c5CCCC6)c4c3)cc2)cc1. The molecule has 0 amide bonds. The van der Waals surface area contributed by atoms with Crippen molar-refractivity contribution in [2.75, 3.05) is 13.2 Å². The number of ether oxygens (including phenoxy) is 2. The van der Waals surface area contributed by atoms with Crippen LogP contribution in [0.15, 0.2) is 376 Å². The summed E-state index contributed by atoms with van der Waals surface area (Å²) in [5.41, 5.74) is 44.7. The summed E-state index contributed by atoms with van der Waals surface area (Å²) in [4.78, 5) is 10.3. The lowest BCUT2D eigenvalue weighted by molar-refractivity contribution is 0.172. The minimum atomic E-state index is 0.471. The Hall–Kier alpha value is -15.9. The van der Waals surface area contributed by atoms with E-state index in [1.807, 2.05) is 18.5 Å². The van der Waals surface area contributed by atoms with Crippen molar-refractivity contribution in [3.8, 4) is 112 Å². The Bertz CT molecular complexity index is 9070. The van der Waals surface area contributed by atoms with E-state index in [9.17, 15) is 0 Å². The Morgan fingerprint density at radius 2 is 0.619 bits per heavy atom. The normalized spacial score (nSPS) is 14.5. The summed E-state index contributed by atoms with van der Waals surface area (Å²) in [5.74, 6) is 2.60. The molecule has 4 nitrogen and oxygen atoms in total. The average molecular weight is 1790 g/mol. The van der Waals surface area contributed by atoms with Crippen molar-refractivity contribution in [3.63, 3.8) is 0 Å². The molecule has 1 aromatic heterocycles. The highest BCUT2D eigenvalue weighted by Gasteiger charge is 2.43. The predicted octanol–water partition coefficient (Wildman–Crippen LogP) is 35.7. The molecule has 0 saturated carbocycles. The highest BCUT2D eigenvalue weighted by atomic mass is 16.6. The van der Waals surface area contributed by atoms with Gasteiger partial charge in [-0.3, -0.25) is 9.97 Å². The van der Waals surface area contributed by atoms with E-state index in [-0.39, 0.29) is 0 Å². The molecule has 4 heteroatoms. The fourth-order valence-corrected chi connectivity index (χ4v) is 25.2. The maximum Gasteiger partial charge on any atom is 0.169 e. The first-order valence-corrected chi connectivity index (χ1v) is 50.0. The summed E-state index contributed by atoms with van der Waals surface area (Å²) >= 11 is 0. The quantitative estimate of drug-likeness (QED) is 0.107. The molecule has 1 aliphatic heterocycles. The zero-order chi connectivity index (χ0) is 92.8. The van der Waals surface area contributed by atoms with Gasteiger partial charge >= 0.3 is 0 Å². The van der Waals surface area contributed by atoms with Crippen molar-refractivity contribution in [2.24, 2.45) is 0 Å². The van der Waals surface area contributed by atoms with E-state index in [1.54, 1.807) is 5.56 Å². The summed E-state index contributed by atoms with van der Waals surface area (Å²) in [6.45, 7) is 14.5. The minimum absolute atomic E-state index is 0.471. The van der Waals surface area contributed by atoms with E-state index in [4.69, 9.17) is 19.4 Å². The first kappa shape index (κ1) is 83.7. The van der Waals surface area contributed by atoms with Crippen LogP contribution in [0.3, 0.4) is 0 Å². The van der Waals surface area contributed by atoms with Gasteiger partial charge in [-0.25, -0.2) is 0 Å². The second-order valence-corrected chi connectivity index (χ2v) is 39.5. The van der Waals surface area contributed by atoms with E-state index in [1.165, 1.54) is 296 Å². The first-order chi connectivity index (χ1) is 68.5. The second kappa shape index (κ2) is 34.1. The molecule has 2 unspecified atom stereocenters. The average Bonchev–Trinajstić information content (AvgIpc) is 1.45. The van der Waals surface area contributed by atoms with Crippen LogP contribution in [0.4, 0.5) is 0 Å². The van der Waals surface area contributed by atoms with E-state index in [0.717, 1.165) is 53.8 Å². The molecule has 28 rings (SSSR count). The monoisotopic (exact) mass is 1780 g/mol. The Kier molecular flexibility index (Phi) is 20.5. The summed E-state index contributed by atoms with van der Waals surface area (Å²) < 4.78 is 12.5. The topological polar surface area (TPSA) is 44.2 Å². The lowest BCUT2D eigenvalue weighted by Gasteiger charge is -2.25. The molecule has 2 bridgehead atoms. The maximum atomic E-state index is 6.39. The molecule has 0 radical (unpaired) electrons. The van der Waals surface area contributed by atoms with Crippen LogP contribution in [0.1, 0.15) is 122 Å². The van der Waals surface area contributed by atoms with Crippen LogP contribution >= 0.6 is 0 Å². The van der Waals surface area contributed by atoms with Crippen molar-refractivity contribution in [1.29, 1.82) is 0 Å². The number of hydrogen-bond acceptors (Lipinski definition) is 4. The van der Waals surface area contributed by atoms with E-state index >= 15 is 0 Å². The first-order valence-electron chi connectivity index (χ1n) is 50.0. The molecule has 2 heterocycles. The zero-order valence-electron chi connectivity index (χ0n) is 79.4. The summed E-state index contributed by atoms with van der Waals surface area (Å²) in [5, 5.41) is 23.2. The molecule has 0 N–H and O–H groups in total. The van der Waals surface area contributed by atoms with Crippen LogP contribution in [-0.4, -0.2) is 23.2 Å². The molecule has 22 aromatic carbocycles. The third-order valence-corrected chi connectivity index (χ3v) is 31.8. The van der Waals surface area contributed by atoms with Crippen LogP contribution in [0, 0.1) is 41.5 Å². The molecule has 4 aliphatic carbocycles. The van der Waals surface area contributed by atoms with Crippen molar-refractivity contribution in [1.82, 2.24) is 9.97 Å². The lowest BCUT2D eigenvalue weighted by Crippen LogP contribution is -2.15. The number of benzene rings is 22. The van der Waals surface area contributed by atoms with Gasteiger partial charge in [-0.2, -0.15) is 0 Å². The van der Waals surface area contributed by atoms with Crippen LogP contribution in [0.5, 0.6) is 11.5 Å². The van der Waals surface area contributed by atoms with Gasteiger partial charge in [0.2, 0.25) is 0 Å². The molecular weight excluding hydrogens is 1680 g/mol. The van der Waals surface area contributed by atoms with Gasteiger partial charge in [0.1, 0.15) is 13.2 Å². The van der Waals surface area contributed by atoms with Crippen LogP contribution in [0.2, 0.25) is 0 Å². The van der Waals surface area contributed by atoms with Crippen LogP contribution in [0.25, 0.3) is 208 Å². The van der Waals surface area contributed by atoms with Crippen LogP contribution < -0.4 is 9.47 Å². The van der Waals surface area contributed by atoms with Crippen molar-refractivity contribution < 1.29 is 9.47 Å². The smallest absolute Gasteiger partial charge is 0.169 e. The highest BCUT2D eigenvalue weighted by molar-refractivity contribution is 6.27. The number of aromatic nitrogens is 2. The van der Waals surface area contributed by atoms with Gasteiger partial charge in [-0.15, -0.1) is 0 Å². The molecule has 5 aliphatic rings. The molecule has 0 saturated heterocycles. The molecule has 666 valence electrons. The number of rotatable bonds is 9. The summed E-state index contributed by atoms with van der Waals surface area (Å²) in [6, 6.07) is 136. The molecule has 2 atom stereocenters. The molecule has 0 spiro atoms. The number of fused-ring (bicyclic) bond motifs is 22. The molecular formula is C135H104N2O2. The third-order valence-electron chi connectivity index (χ3n) is 31.8. The van der Waals surface area contributed by atoms with Crippen molar-refractivity contribution >= 4 is 108 Å². The summed E-state index contributed by atoms with van der Waals surface area (Å²) in [6.07, 6.45) is 14.5. The summed E-state index contributed by atoms with van der Waals surface area (Å²) in [7, 11) is 0. The Balaban J connectivity index is 0.000000108. The number of para-hydroxylation sites is 1. The molecule has 0 fully saturated rings. The van der Waals surface area contributed by atoms with Crippen molar-refractivity contribution in [2.45, 2.75) is 111 Å². The zero-order valence-corrected chi connectivity index (χ0v) is 79.4. The van der Waals surface area contributed by atoms with Gasteiger partial charge in [-0.1, -0.05) is 351 Å². The third kappa shape index (κ3) is 13.9. The van der Waals surface area contributed by atoms with E-state index in [2.05, 4.69) is 399 Å². The molecule has 139 heavy (non-hydrogen) atoms. The number of aryl methyl sites for hydroxylation is 8. The van der Waals surface area contributed by atoms with E-state index in [0.29, 0.717) is 25.0 Å². The minimum Gasteiger partial charge on any atom is -0.486 e. The van der Waals surface area contributed by atoms with Gasteiger partial charge in [0.05, 0.1) is 11.0 Å². The van der Waals surface area contributed by atoms with Crippen LogP contribution in [-0.2, 0) is 25.7 Å². The fraction of sp³-hybridized carbons (Fsp3) is 0.141. The Labute approximate surface area is 812 Å². The lowest BCUT2D eigenvalue weighted by atomic mass is 9.78. The van der Waals surface area contributed by atoms with Gasteiger partial charge in [-0.05, 0) is 365 Å². The van der Waals surface area contributed by atoms with Gasteiger partial charge in [0.15, 0.2) is 11.5 Å². The highest BCUT2D eigenvalue weighted by Crippen LogP contribution is 2.61. The molecule has 23 aromatic rings. The fourth-order valence-electron chi connectivity index (χ4n) is 25.2. The Morgan fingerprint density at radius 3 is 1.22 bits per heavy atom.